The number of aliphatic hydroxyl groups excluding tert-OH is 4. The number of carbonyl (C=O) groups is 1. The summed E-state index contributed by atoms with van der Waals surface area (Å²) >= 11 is 6.16. The van der Waals surface area contributed by atoms with Crippen LogP contribution in [0.25, 0.3) is 0 Å². The van der Waals surface area contributed by atoms with Crippen molar-refractivity contribution in [2.75, 3.05) is 65.6 Å². The Kier molecular flexibility index (Phi) is 14.6. The molecule has 1 amide bonds. The van der Waals surface area contributed by atoms with Gasteiger partial charge in [0, 0.05) is 65.3 Å². The van der Waals surface area contributed by atoms with Crippen LogP contribution >= 0.6 is 11.6 Å². The molecule has 0 aromatic rings. The summed E-state index contributed by atoms with van der Waals surface area (Å²) in [5.74, 6) is 0.665. The molecular weight excluding hydrogens is 581 g/mol. The molecule has 7 atom stereocenters. The molecule has 0 aromatic heterocycles. The summed E-state index contributed by atoms with van der Waals surface area (Å²) in [6.07, 6.45) is 2.54. The lowest BCUT2D eigenvalue weighted by molar-refractivity contribution is -0.132. The van der Waals surface area contributed by atoms with Gasteiger partial charge in [-0.2, -0.15) is 0 Å². The molecule has 3 aliphatic heterocycles. The van der Waals surface area contributed by atoms with Crippen molar-refractivity contribution in [1.29, 1.82) is 0 Å². The molecule has 3 saturated heterocycles. The molecule has 13 heteroatoms. The summed E-state index contributed by atoms with van der Waals surface area (Å²) in [4.78, 5) is 17.2. The van der Waals surface area contributed by atoms with E-state index >= 15 is 4.39 Å². The molecule has 7 N–H and O–H groups in total. The van der Waals surface area contributed by atoms with Gasteiger partial charge in [0.1, 0.15) is 24.7 Å². The Balaban J connectivity index is 1.03. The summed E-state index contributed by atoms with van der Waals surface area (Å²) in [7, 11) is 0. The second-order valence-corrected chi connectivity index (χ2v) is 13.8. The largest absolute Gasteiger partial charge is 0.394 e. The normalized spacial score (nSPS) is 33.4. The molecule has 4 fully saturated rings. The highest BCUT2D eigenvalue weighted by atomic mass is 35.5. The maximum atomic E-state index is 15.1. The number of rotatable bonds is 15. The first-order valence-electron chi connectivity index (χ1n) is 16.5. The van der Waals surface area contributed by atoms with Crippen LogP contribution in [0, 0.1) is 17.8 Å². The van der Waals surface area contributed by atoms with Crippen molar-refractivity contribution in [1.82, 2.24) is 25.8 Å². The highest BCUT2D eigenvalue weighted by Crippen LogP contribution is 2.33. The molecule has 0 spiro atoms. The van der Waals surface area contributed by atoms with E-state index in [0.717, 1.165) is 51.9 Å². The van der Waals surface area contributed by atoms with E-state index in [1.54, 1.807) is 0 Å². The van der Waals surface area contributed by atoms with E-state index in [1.807, 2.05) is 4.90 Å². The second-order valence-electron chi connectivity index (χ2n) is 13.2. The van der Waals surface area contributed by atoms with Gasteiger partial charge in [-0.05, 0) is 69.2 Å². The summed E-state index contributed by atoms with van der Waals surface area (Å²) in [6, 6.07) is 0. The van der Waals surface area contributed by atoms with E-state index < -0.39 is 31.1 Å². The number of nitrogens with one attached hydrogen (secondary N) is 3. The zero-order chi connectivity index (χ0) is 30.8. The predicted octanol–water partition coefficient (Wildman–Crippen LogP) is -0.0110. The summed E-state index contributed by atoms with van der Waals surface area (Å²) < 4.78 is 21.1. The van der Waals surface area contributed by atoms with Gasteiger partial charge in [-0.15, -0.1) is 11.6 Å². The Bertz CT molecular complexity index is 822. The van der Waals surface area contributed by atoms with Crippen LogP contribution in [0.4, 0.5) is 4.39 Å². The topological polar surface area (TPSA) is 150 Å². The Hall–Kier alpha value is -0.670. The fourth-order valence-corrected chi connectivity index (χ4v) is 7.20. The lowest BCUT2D eigenvalue weighted by Crippen LogP contribution is -2.62. The van der Waals surface area contributed by atoms with Gasteiger partial charge in [-0.1, -0.05) is 0 Å². The van der Waals surface area contributed by atoms with Crippen LogP contribution < -0.4 is 16.0 Å². The maximum absolute atomic E-state index is 15.1. The fourth-order valence-electron chi connectivity index (χ4n) is 7.03. The zero-order valence-electron chi connectivity index (χ0n) is 25.5. The van der Waals surface area contributed by atoms with Crippen molar-refractivity contribution in [3.8, 4) is 0 Å². The molecule has 43 heavy (non-hydrogen) atoms. The highest BCUT2D eigenvalue weighted by Gasteiger charge is 2.35. The first-order valence-corrected chi connectivity index (χ1v) is 16.9. The fraction of sp³-hybridized carbons (Fsp3) is 0.967. The van der Waals surface area contributed by atoms with Crippen molar-refractivity contribution in [2.45, 2.75) is 100 Å². The van der Waals surface area contributed by atoms with Crippen LogP contribution in [0.1, 0.15) is 57.8 Å². The number of amides is 1. The molecule has 11 nitrogen and oxygen atoms in total. The van der Waals surface area contributed by atoms with E-state index in [2.05, 4.69) is 20.9 Å². The number of hydrogen-bond acceptors (Lipinski definition) is 10. The lowest BCUT2D eigenvalue weighted by atomic mass is 9.83. The van der Waals surface area contributed by atoms with Crippen molar-refractivity contribution in [3.63, 3.8) is 0 Å². The van der Waals surface area contributed by atoms with Crippen LogP contribution in [-0.4, -0.2) is 144 Å². The van der Waals surface area contributed by atoms with E-state index in [4.69, 9.17) is 21.4 Å². The molecule has 250 valence electrons. The molecule has 0 radical (unpaired) electrons. The number of aliphatic hydroxyl groups is 4. The number of piperidine rings is 1. The summed E-state index contributed by atoms with van der Waals surface area (Å²) in [5, 5.41) is 48.2. The number of likely N-dealkylation sites (tertiary alicyclic amines) is 2. The predicted molar refractivity (Wildman–Crippen MR) is 162 cm³/mol. The van der Waals surface area contributed by atoms with E-state index in [9.17, 15) is 20.1 Å². The quantitative estimate of drug-likeness (QED) is 0.0968. The SMILES string of the molecule is O=C(CC1CCC(OCCCC2CCN(C3NCC(Cl)CN3)CC2)CC1F)N1CC[C@H](CNC[C@H](O)[C@H](O)[C@H](O)CO)C1. The molecule has 4 aliphatic rings. The number of halogens is 2. The van der Waals surface area contributed by atoms with Gasteiger partial charge in [0.15, 0.2) is 0 Å². The van der Waals surface area contributed by atoms with Gasteiger partial charge >= 0.3 is 0 Å². The van der Waals surface area contributed by atoms with Crippen LogP contribution in [0.5, 0.6) is 0 Å². The monoisotopic (exact) mass is 635 g/mol. The molecule has 0 aromatic carbocycles. The van der Waals surface area contributed by atoms with Crippen molar-refractivity contribution >= 4 is 17.5 Å². The molecule has 4 rings (SSSR count). The zero-order valence-corrected chi connectivity index (χ0v) is 26.2. The molecule has 1 aliphatic carbocycles. The molecule has 0 bridgehead atoms. The van der Waals surface area contributed by atoms with Gasteiger partial charge in [0.2, 0.25) is 5.91 Å². The number of nitrogens with zero attached hydrogens (tertiary/aromatic N) is 2. The van der Waals surface area contributed by atoms with Crippen LogP contribution in [0.3, 0.4) is 0 Å². The third kappa shape index (κ3) is 11.0. The second kappa shape index (κ2) is 17.9. The molecule has 3 unspecified atom stereocenters. The van der Waals surface area contributed by atoms with Gasteiger partial charge in [0.25, 0.3) is 0 Å². The Morgan fingerprint density at radius 1 is 1.02 bits per heavy atom. The Labute approximate surface area is 260 Å². The average Bonchev–Trinajstić information content (AvgIpc) is 3.49. The van der Waals surface area contributed by atoms with Crippen LogP contribution in [0.2, 0.25) is 0 Å². The van der Waals surface area contributed by atoms with E-state index in [-0.39, 0.29) is 48.5 Å². The van der Waals surface area contributed by atoms with Crippen LogP contribution in [-0.2, 0) is 9.53 Å². The smallest absolute Gasteiger partial charge is 0.222 e. The number of hydrogen-bond donors (Lipinski definition) is 7. The van der Waals surface area contributed by atoms with Gasteiger partial charge in [-0.3, -0.25) is 20.3 Å². The molecule has 1 saturated carbocycles. The van der Waals surface area contributed by atoms with Crippen molar-refractivity contribution in [2.24, 2.45) is 17.8 Å². The minimum absolute atomic E-state index is 0.000354. The Morgan fingerprint density at radius 3 is 2.44 bits per heavy atom. The summed E-state index contributed by atoms with van der Waals surface area (Å²) in [5.41, 5.74) is 0. The number of ether oxygens (including phenoxy) is 1. The minimum Gasteiger partial charge on any atom is -0.394 e. The third-order valence-corrected chi connectivity index (χ3v) is 10.2. The third-order valence-electron chi connectivity index (χ3n) is 9.89. The average molecular weight is 636 g/mol. The van der Waals surface area contributed by atoms with Gasteiger partial charge in [0.05, 0.1) is 24.2 Å². The van der Waals surface area contributed by atoms with Crippen molar-refractivity contribution in [3.05, 3.63) is 0 Å². The Morgan fingerprint density at radius 2 is 1.74 bits per heavy atom. The van der Waals surface area contributed by atoms with E-state index in [0.29, 0.717) is 45.0 Å². The van der Waals surface area contributed by atoms with Gasteiger partial charge < -0.3 is 35.4 Å². The molecular formula is C30H55ClFN5O6. The number of carbonyl (C=O) groups excluding carboxylic acids is 1. The first-order chi connectivity index (χ1) is 20.7. The standard InChI is InChI=1S/C30H55ClFN5O6/c31-23-15-34-30(35-16-23)36-8-5-20(6-9-36)2-1-11-43-24-4-3-22(25(32)13-24)12-28(41)37-10-7-21(18-37)14-33-17-26(39)29(42)27(40)19-38/h20-27,29-30,33-35,38-40,42H,1-19H2/t21-,22?,23?,24?,25?,26+,27-,29+,30?/m1/s1. The maximum Gasteiger partial charge on any atom is 0.222 e. The van der Waals surface area contributed by atoms with E-state index in [1.165, 1.54) is 12.8 Å². The van der Waals surface area contributed by atoms with Crippen molar-refractivity contribution < 1.29 is 34.3 Å². The highest BCUT2D eigenvalue weighted by molar-refractivity contribution is 6.21. The lowest BCUT2D eigenvalue weighted by Gasteiger charge is -2.41. The van der Waals surface area contributed by atoms with Crippen LogP contribution in [0.15, 0.2) is 0 Å². The van der Waals surface area contributed by atoms with Gasteiger partial charge in [-0.25, -0.2) is 4.39 Å². The summed E-state index contributed by atoms with van der Waals surface area (Å²) in [6.45, 7) is 5.74. The minimum atomic E-state index is -1.43. The first kappa shape index (κ1) is 35.2. The number of alkyl halides is 2. The molecule has 3 heterocycles.